The lowest BCUT2D eigenvalue weighted by Crippen LogP contribution is -2.18. The second-order valence-electron chi connectivity index (χ2n) is 5.96. The molecule has 0 saturated heterocycles. The third kappa shape index (κ3) is 3.93. The van der Waals surface area contributed by atoms with Crippen molar-refractivity contribution in [3.8, 4) is 11.5 Å². The van der Waals surface area contributed by atoms with E-state index in [1.165, 1.54) is 0 Å². The summed E-state index contributed by atoms with van der Waals surface area (Å²) in [6.07, 6.45) is 2.55. The summed E-state index contributed by atoms with van der Waals surface area (Å²) in [6.45, 7) is 4.28. The molecule has 1 N–H and O–H groups in total. The van der Waals surface area contributed by atoms with Crippen LogP contribution in [-0.4, -0.2) is 18.9 Å². The Bertz CT molecular complexity index is 771. The number of aryl methyl sites for hydroxylation is 1. The fourth-order valence-corrected chi connectivity index (χ4v) is 2.57. The first-order valence-corrected chi connectivity index (χ1v) is 7.90. The van der Waals surface area contributed by atoms with Crippen molar-refractivity contribution in [1.29, 1.82) is 0 Å². The molecule has 1 amide bonds. The van der Waals surface area contributed by atoms with E-state index in [4.69, 9.17) is 9.47 Å². The Morgan fingerprint density at radius 2 is 2.08 bits per heavy atom. The maximum atomic E-state index is 12.0. The zero-order valence-corrected chi connectivity index (χ0v) is 13.8. The van der Waals surface area contributed by atoms with Crippen molar-refractivity contribution in [3.05, 3.63) is 59.2 Å². The number of carbonyl (C=O) groups is 1. The molecule has 0 fully saturated rings. The first-order valence-electron chi connectivity index (χ1n) is 7.90. The van der Waals surface area contributed by atoms with E-state index in [0.717, 1.165) is 29.0 Å². The molecule has 0 bridgehead atoms. The molecule has 2 aromatic carbocycles. The molecule has 1 aliphatic heterocycles. The van der Waals surface area contributed by atoms with E-state index >= 15 is 0 Å². The number of carbonyl (C=O) groups excluding carboxylic acids is 1. The monoisotopic (exact) mass is 324 g/mol. The maximum Gasteiger partial charge on any atom is 0.271 e. The number of hydrazone groups is 1. The highest BCUT2D eigenvalue weighted by molar-refractivity contribution is 5.94. The van der Waals surface area contributed by atoms with Crippen LogP contribution in [0.2, 0.25) is 0 Å². The number of benzene rings is 2. The summed E-state index contributed by atoms with van der Waals surface area (Å²) in [6, 6.07) is 13.3. The van der Waals surface area contributed by atoms with Gasteiger partial charge < -0.3 is 9.47 Å². The van der Waals surface area contributed by atoms with Crippen LogP contribution in [-0.2, 0) is 6.42 Å². The third-order valence-corrected chi connectivity index (χ3v) is 3.77. The van der Waals surface area contributed by atoms with Gasteiger partial charge in [-0.15, -0.1) is 0 Å². The van der Waals surface area contributed by atoms with Crippen LogP contribution in [0.3, 0.4) is 0 Å². The van der Waals surface area contributed by atoms with E-state index in [1.54, 1.807) is 12.3 Å². The topological polar surface area (TPSA) is 59.9 Å². The van der Waals surface area contributed by atoms with Crippen LogP contribution in [0.15, 0.2) is 47.6 Å². The molecule has 0 aromatic heterocycles. The van der Waals surface area contributed by atoms with Gasteiger partial charge >= 0.3 is 0 Å². The minimum Gasteiger partial charge on any atom is -0.454 e. The van der Waals surface area contributed by atoms with Gasteiger partial charge in [0.25, 0.3) is 5.91 Å². The van der Waals surface area contributed by atoms with Crippen molar-refractivity contribution < 1.29 is 14.3 Å². The average molecular weight is 324 g/mol. The second-order valence-corrected chi connectivity index (χ2v) is 5.96. The van der Waals surface area contributed by atoms with Crippen molar-refractivity contribution in [2.75, 3.05) is 6.79 Å². The van der Waals surface area contributed by atoms with Gasteiger partial charge in [-0.25, -0.2) is 5.43 Å². The molecule has 2 aromatic rings. The minimum absolute atomic E-state index is 0.184. The van der Waals surface area contributed by atoms with Crippen LogP contribution in [0.25, 0.3) is 0 Å². The van der Waals surface area contributed by atoms with Crippen LogP contribution < -0.4 is 14.9 Å². The van der Waals surface area contributed by atoms with Crippen LogP contribution in [0.1, 0.15) is 28.4 Å². The smallest absolute Gasteiger partial charge is 0.271 e. The molecule has 0 saturated carbocycles. The van der Waals surface area contributed by atoms with Gasteiger partial charge in [0, 0.05) is 11.8 Å². The largest absolute Gasteiger partial charge is 0.454 e. The number of hydrogen-bond donors (Lipinski definition) is 1. The zero-order valence-electron chi connectivity index (χ0n) is 13.8. The first-order chi connectivity index (χ1) is 11.6. The molecule has 0 unspecified atom stereocenters. The quantitative estimate of drug-likeness (QED) is 0.678. The van der Waals surface area contributed by atoms with E-state index in [9.17, 15) is 4.79 Å². The summed E-state index contributed by atoms with van der Waals surface area (Å²) < 4.78 is 10.7. The summed E-state index contributed by atoms with van der Waals surface area (Å²) in [5, 5.41) is 4.07. The molecule has 5 nitrogen and oxygen atoms in total. The Kier molecular flexibility index (Phi) is 4.79. The van der Waals surface area contributed by atoms with E-state index in [-0.39, 0.29) is 18.6 Å². The van der Waals surface area contributed by atoms with E-state index in [2.05, 4.69) is 10.5 Å². The highest BCUT2D eigenvalue weighted by Gasteiger charge is 2.13. The van der Waals surface area contributed by atoms with Crippen molar-refractivity contribution in [3.63, 3.8) is 0 Å². The molecule has 124 valence electrons. The summed E-state index contributed by atoms with van der Waals surface area (Å²) in [5.74, 6) is 1.54. The normalized spacial score (nSPS) is 13.9. The predicted molar refractivity (Wildman–Crippen MR) is 92.6 cm³/mol. The zero-order chi connectivity index (χ0) is 16.9. The molecule has 24 heavy (non-hydrogen) atoms. The average Bonchev–Trinajstić information content (AvgIpc) is 3.02. The van der Waals surface area contributed by atoms with Crippen LogP contribution in [0.4, 0.5) is 0 Å². The van der Waals surface area contributed by atoms with Crippen molar-refractivity contribution in [2.24, 2.45) is 11.0 Å². The number of amides is 1. The van der Waals surface area contributed by atoms with Gasteiger partial charge in [-0.3, -0.25) is 4.79 Å². The summed E-state index contributed by atoms with van der Waals surface area (Å²) in [7, 11) is 0. The van der Waals surface area contributed by atoms with E-state index < -0.39 is 0 Å². The number of rotatable bonds is 5. The molecular formula is C19H20N2O3. The SMILES string of the molecule is Cc1cccc(C(=O)N/N=C\[C@H](C)Cc2ccc3c(c2)OCO3)c1. The third-order valence-electron chi connectivity index (χ3n) is 3.77. The second kappa shape index (κ2) is 7.17. The summed E-state index contributed by atoms with van der Waals surface area (Å²) in [4.78, 5) is 12.0. The molecule has 5 heteroatoms. The van der Waals surface area contributed by atoms with Crippen LogP contribution in [0, 0.1) is 12.8 Å². The lowest BCUT2D eigenvalue weighted by Gasteiger charge is -2.07. The van der Waals surface area contributed by atoms with Gasteiger partial charge in [0.15, 0.2) is 11.5 Å². The summed E-state index contributed by atoms with van der Waals surface area (Å²) >= 11 is 0. The molecule has 0 spiro atoms. The number of nitrogens with zero attached hydrogens (tertiary/aromatic N) is 1. The Balaban J connectivity index is 1.54. The maximum absolute atomic E-state index is 12.0. The molecular weight excluding hydrogens is 304 g/mol. The van der Waals surface area contributed by atoms with Gasteiger partial charge in [0.05, 0.1) is 0 Å². The van der Waals surface area contributed by atoms with Crippen molar-refractivity contribution in [1.82, 2.24) is 5.43 Å². The Hall–Kier alpha value is -2.82. The number of hydrogen-bond acceptors (Lipinski definition) is 4. The highest BCUT2D eigenvalue weighted by atomic mass is 16.7. The number of fused-ring (bicyclic) bond motifs is 1. The minimum atomic E-state index is -0.203. The lowest BCUT2D eigenvalue weighted by molar-refractivity contribution is 0.0955. The van der Waals surface area contributed by atoms with Gasteiger partial charge in [-0.1, -0.05) is 30.7 Å². The number of ether oxygens (including phenoxy) is 2. The molecule has 0 radical (unpaired) electrons. The molecule has 0 aliphatic carbocycles. The fourth-order valence-electron chi connectivity index (χ4n) is 2.57. The van der Waals surface area contributed by atoms with E-state index in [0.29, 0.717) is 5.56 Å². The molecule has 3 rings (SSSR count). The first kappa shape index (κ1) is 16.1. The van der Waals surface area contributed by atoms with Gasteiger partial charge in [-0.2, -0.15) is 5.10 Å². The van der Waals surface area contributed by atoms with Crippen LogP contribution >= 0.6 is 0 Å². The number of nitrogens with one attached hydrogen (secondary N) is 1. The van der Waals surface area contributed by atoms with Gasteiger partial charge in [-0.05, 0) is 49.1 Å². The van der Waals surface area contributed by atoms with Crippen molar-refractivity contribution in [2.45, 2.75) is 20.3 Å². The Morgan fingerprint density at radius 1 is 1.25 bits per heavy atom. The van der Waals surface area contributed by atoms with Crippen molar-refractivity contribution >= 4 is 12.1 Å². The lowest BCUT2D eigenvalue weighted by atomic mass is 10.0. The summed E-state index contributed by atoms with van der Waals surface area (Å²) in [5.41, 5.74) is 5.36. The van der Waals surface area contributed by atoms with Gasteiger partial charge in [0.2, 0.25) is 6.79 Å². The molecule has 1 atom stereocenters. The molecule has 1 aliphatic rings. The fraction of sp³-hybridized carbons (Fsp3) is 0.263. The highest BCUT2D eigenvalue weighted by Crippen LogP contribution is 2.32. The Labute approximate surface area is 141 Å². The van der Waals surface area contributed by atoms with Gasteiger partial charge in [0.1, 0.15) is 0 Å². The Morgan fingerprint density at radius 3 is 2.92 bits per heavy atom. The standard InChI is InChI=1S/C19H20N2O3/c1-13-4-3-5-16(9-13)19(22)21-20-11-14(2)8-15-6-7-17-18(10-15)24-12-23-17/h3-7,9-11,14H,8,12H2,1-2H3,(H,21,22)/b20-11-/t14-/m1/s1. The predicted octanol–water partition coefficient (Wildman–Crippen LogP) is 3.32. The van der Waals surface area contributed by atoms with E-state index in [1.807, 2.05) is 50.2 Å². The van der Waals surface area contributed by atoms with Crippen LogP contribution in [0.5, 0.6) is 11.5 Å². The molecule has 1 heterocycles.